The van der Waals surface area contributed by atoms with Crippen molar-refractivity contribution in [2.45, 2.75) is 32.4 Å². The first-order valence-electron chi connectivity index (χ1n) is 11.4. The lowest BCUT2D eigenvalue weighted by atomic mass is 9.95. The average molecular weight is 470 g/mol. The van der Waals surface area contributed by atoms with Gasteiger partial charge in [-0.05, 0) is 36.6 Å². The molecule has 5 rings (SSSR count). The molecule has 0 spiro atoms. The van der Waals surface area contributed by atoms with E-state index in [0.717, 1.165) is 55.0 Å². The van der Waals surface area contributed by atoms with Crippen molar-refractivity contribution >= 4 is 11.4 Å². The van der Waals surface area contributed by atoms with E-state index in [-0.39, 0.29) is 18.3 Å². The molecule has 1 aromatic carbocycles. The molecule has 0 saturated carbocycles. The fourth-order valence-electron chi connectivity index (χ4n) is 4.86. The van der Waals surface area contributed by atoms with Gasteiger partial charge in [0, 0.05) is 31.1 Å². The lowest BCUT2D eigenvalue weighted by Gasteiger charge is -2.38. The Kier molecular flexibility index (Phi) is 6.03. The lowest BCUT2D eigenvalue weighted by Crippen LogP contribution is -2.47. The molecule has 2 atom stereocenters. The van der Waals surface area contributed by atoms with E-state index in [1.54, 1.807) is 6.20 Å². The first kappa shape index (κ1) is 22.5. The van der Waals surface area contributed by atoms with E-state index in [9.17, 15) is 13.2 Å². The van der Waals surface area contributed by atoms with Crippen molar-refractivity contribution in [2.75, 3.05) is 29.9 Å². The first-order chi connectivity index (χ1) is 16.4. The molecule has 0 unspecified atom stereocenters. The molecule has 6 nitrogen and oxygen atoms in total. The fraction of sp³-hybridized carbons (Fsp3) is 0.360. The van der Waals surface area contributed by atoms with E-state index >= 15 is 0 Å². The molecule has 2 aliphatic heterocycles. The summed E-state index contributed by atoms with van der Waals surface area (Å²) < 4.78 is 48.6. The maximum atomic E-state index is 14.5. The lowest BCUT2D eigenvalue weighted by molar-refractivity contribution is 0.345. The first-order valence-corrected chi connectivity index (χ1v) is 11.4. The monoisotopic (exact) mass is 469 g/mol. The van der Waals surface area contributed by atoms with Crippen molar-refractivity contribution in [3.05, 3.63) is 65.2 Å². The summed E-state index contributed by atoms with van der Waals surface area (Å²) >= 11 is 0. The van der Waals surface area contributed by atoms with Crippen LogP contribution in [-0.2, 0) is 13.0 Å². The Morgan fingerprint density at radius 2 is 1.91 bits per heavy atom. The van der Waals surface area contributed by atoms with Gasteiger partial charge >= 0.3 is 0 Å². The van der Waals surface area contributed by atoms with Gasteiger partial charge in [0.15, 0.2) is 0 Å². The van der Waals surface area contributed by atoms with Gasteiger partial charge < -0.3 is 20.7 Å². The highest BCUT2D eigenvalue weighted by Gasteiger charge is 2.29. The number of nitrogens with one attached hydrogen (secondary N) is 1. The molecule has 178 valence electrons. The van der Waals surface area contributed by atoms with Gasteiger partial charge in [0.05, 0.1) is 42.0 Å². The zero-order valence-electron chi connectivity index (χ0n) is 18.8. The number of benzene rings is 1. The molecule has 3 N–H and O–H groups in total. The van der Waals surface area contributed by atoms with Crippen LogP contribution in [0.1, 0.15) is 24.6 Å². The van der Waals surface area contributed by atoms with Crippen LogP contribution < -0.4 is 20.7 Å². The number of halogens is 3. The molecule has 0 amide bonds. The van der Waals surface area contributed by atoms with Crippen molar-refractivity contribution in [1.82, 2.24) is 9.97 Å². The Bertz CT molecular complexity index is 1190. The highest BCUT2D eigenvalue weighted by Crippen LogP contribution is 2.40. The summed E-state index contributed by atoms with van der Waals surface area (Å²) in [5.41, 5.74) is 8.74. The summed E-state index contributed by atoms with van der Waals surface area (Å²) in [6.45, 7) is 4.56. The Morgan fingerprint density at radius 1 is 1.12 bits per heavy atom. The number of ether oxygens (including phenoxy) is 1. The maximum absolute atomic E-state index is 14.5. The number of rotatable bonds is 5. The van der Waals surface area contributed by atoms with Crippen LogP contribution in [0.5, 0.6) is 5.88 Å². The van der Waals surface area contributed by atoms with E-state index in [1.165, 1.54) is 18.2 Å². The van der Waals surface area contributed by atoms with Gasteiger partial charge in [-0.3, -0.25) is 0 Å². The molecular weight excluding hydrogens is 443 g/mol. The van der Waals surface area contributed by atoms with Gasteiger partial charge in [-0.25, -0.2) is 23.1 Å². The van der Waals surface area contributed by atoms with E-state index in [0.29, 0.717) is 24.1 Å². The molecule has 1 fully saturated rings. The number of aromatic nitrogens is 2. The number of anilines is 2. The van der Waals surface area contributed by atoms with Gasteiger partial charge in [0.25, 0.3) is 0 Å². The number of nitrogens with zero attached hydrogens (tertiary/aromatic N) is 3. The minimum atomic E-state index is -0.864. The molecule has 3 aromatic rings. The van der Waals surface area contributed by atoms with Gasteiger partial charge in [0.2, 0.25) is 5.88 Å². The Balaban J connectivity index is 1.45. The largest absolute Gasteiger partial charge is 0.477 e. The second-order valence-corrected chi connectivity index (χ2v) is 8.99. The van der Waals surface area contributed by atoms with Crippen LogP contribution in [-0.4, -0.2) is 35.7 Å². The fourth-order valence-corrected chi connectivity index (χ4v) is 4.86. The van der Waals surface area contributed by atoms with Crippen LogP contribution in [0.15, 0.2) is 36.5 Å². The zero-order valence-corrected chi connectivity index (χ0v) is 18.8. The number of piperidine rings is 1. The highest BCUT2D eigenvalue weighted by molar-refractivity contribution is 5.76. The summed E-state index contributed by atoms with van der Waals surface area (Å²) in [4.78, 5) is 10.9. The summed E-state index contributed by atoms with van der Waals surface area (Å²) in [7, 11) is 0. The topological polar surface area (TPSA) is 76.3 Å². The molecule has 9 heteroatoms. The van der Waals surface area contributed by atoms with Crippen molar-refractivity contribution in [1.29, 1.82) is 0 Å². The van der Waals surface area contributed by atoms with Crippen LogP contribution in [0.25, 0.3) is 11.3 Å². The van der Waals surface area contributed by atoms with Gasteiger partial charge in [-0.1, -0.05) is 13.0 Å². The zero-order chi connectivity index (χ0) is 23.8. The second kappa shape index (κ2) is 9.13. The van der Waals surface area contributed by atoms with Crippen LogP contribution in [0, 0.1) is 23.4 Å². The SMILES string of the molecule is C[C@@H]1C[C@H](N)CN(c2c(NCc3ccc(F)c(-c4c(F)cccc4F)n3)cnc3c2CCO3)C1. The van der Waals surface area contributed by atoms with E-state index in [2.05, 4.69) is 27.1 Å². The van der Waals surface area contributed by atoms with Gasteiger partial charge in [0.1, 0.15) is 23.1 Å². The standard InChI is InChI=1S/C25H26F3N5O/c1-14-9-15(29)13-33(12-14)24-17-7-8-34-25(17)31-11-21(24)30-10-16-5-6-20(28)23(32-16)22-18(26)3-2-4-19(22)27/h2-6,11,14-15,30H,7-10,12-13,29H2,1H3/t14-,15+/m1/s1. The predicted molar refractivity (Wildman–Crippen MR) is 124 cm³/mol. The molecule has 0 radical (unpaired) electrons. The molecule has 4 heterocycles. The van der Waals surface area contributed by atoms with Crippen molar-refractivity contribution in [3.8, 4) is 17.1 Å². The Hall–Kier alpha value is -3.33. The van der Waals surface area contributed by atoms with E-state index in [4.69, 9.17) is 10.5 Å². The minimum Gasteiger partial charge on any atom is -0.477 e. The number of pyridine rings is 2. The molecular formula is C25H26F3N5O. The van der Waals surface area contributed by atoms with Crippen molar-refractivity contribution < 1.29 is 17.9 Å². The van der Waals surface area contributed by atoms with E-state index in [1.807, 2.05) is 0 Å². The quantitative estimate of drug-likeness (QED) is 0.581. The third-order valence-corrected chi connectivity index (χ3v) is 6.27. The van der Waals surface area contributed by atoms with Crippen LogP contribution >= 0.6 is 0 Å². The third kappa shape index (κ3) is 4.27. The number of hydrogen-bond donors (Lipinski definition) is 2. The van der Waals surface area contributed by atoms with Crippen molar-refractivity contribution in [3.63, 3.8) is 0 Å². The predicted octanol–water partition coefficient (Wildman–Crippen LogP) is 4.28. The molecule has 0 bridgehead atoms. The number of nitrogens with two attached hydrogens (primary N) is 1. The third-order valence-electron chi connectivity index (χ3n) is 6.27. The Morgan fingerprint density at radius 3 is 2.68 bits per heavy atom. The van der Waals surface area contributed by atoms with Gasteiger partial charge in [-0.15, -0.1) is 0 Å². The average Bonchev–Trinajstić information content (AvgIpc) is 3.27. The Labute approximate surface area is 196 Å². The molecule has 1 saturated heterocycles. The molecule has 0 aliphatic carbocycles. The summed E-state index contributed by atoms with van der Waals surface area (Å²) in [6.07, 6.45) is 3.43. The van der Waals surface area contributed by atoms with Gasteiger partial charge in [-0.2, -0.15) is 0 Å². The summed E-state index contributed by atoms with van der Waals surface area (Å²) in [5.74, 6) is -1.44. The molecule has 2 aromatic heterocycles. The molecule has 34 heavy (non-hydrogen) atoms. The summed E-state index contributed by atoms with van der Waals surface area (Å²) in [5, 5.41) is 3.34. The number of hydrogen-bond acceptors (Lipinski definition) is 6. The van der Waals surface area contributed by atoms with Crippen molar-refractivity contribution in [2.24, 2.45) is 11.7 Å². The summed E-state index contributed by atoms with van der Waals surface area (Å²) in [6, 6.07) is 6.13. The normalized spacial score (nSPS) is 19.6. The van der Waals surface area contributed by atoms with Crippen LogP contribution in [0.3, 0.4) is 0 Å². The smallest absolute Gasteiger partial charge is 0.218 e. The maximum Gasteiger partial charge on any atom is 0.218 e. The van der Waals surface area contributed by atoms with Crippen LogP contribution in [0.2, 0.25) is 0 Å². The molecule has 2 aliphatic rings. The minimum absolute atomic E-state index is 0.0692. The number of fused-ring (bicyclic) bond motifs is 1. The van der Waals surface area contributed by atoms with Crippen LogP contribution in [0.4, 0.5) is 24.5 Å². The van der Waals surface area contributed by atoms with E-state index < -0.39 is 23.0 Å². The second-order valence-electron chi connectivity index (χ2n) is 8.99. The highest BCUT2D eigenvalue weighted by atomic mass is 19.1.